The second-order valence-electron chi connectivity index (χ2n) is 7.04. The lowest BCUT2D eigenvalue weighted by molar-refractivity contribution is -0.141. The number of carbonyl (C=O) groups is 2. The summed E-state index contributed by atoms with van der Waals surface area (Å²) in [5.41, 5.74) is 0.104. The van der Waals surface area contributed by atoms with Crippen molar-refractivity contribution in [1.29, 1.82) is 0 Å². The van der Waals surface area contributed by atoms with E-state index in [0.717, 1.165) is 5.56 Å². The molecule has 1 N–H and O–H groups in total. The first-order valence-corrected chi connectivity index (χ1v) is 8.09. The van der Waals surface area contributed by atoms with Crippen LogP contribution in [0.3, 0.4) is 0 Å². The van der Waals surface area contributed by atoms with Gasteiger partial charge in [0.15, 0.2) is 0 Å². The smallest absolute Gasteiger partial charge is 0.410 e. The maximum atomic E-state index is 12.3. The summed E-state index contributed by atoms with van der Waals surface area (Å²) in [7, 11) is 3.07. The molecule has 0 radical (unpaired) electrons. The topological polar surface area (TPSA) is 85.3 Å². The summed E-state index contributed by atoms with van der Waals surface area (Å²) < 4.78 is 15.9. The van der Waals surface area contributed by atoms with Crippen molar-refractivity contribution >= 4 is 12.1 Å². The molecule has 1 aliphatic heterocycles. The molecule has 1 amide bonds. The molecule has 0 bridgehead atoms. The molecule has 2 atom stereocenters. The molecule has 1 saturated heterocycles. The Morgan fingerprint density at radius 2 is 1.84 bits per heavy atom. The monoisotopic (exact) mass is 351 g/mol. The normalized spacial score (nSPS) is 20.3. The van der Waals surface area contributed by atoms with Crippen molar-refractivity contribution in [2.75, 3.05) is 27.3 Å². The number of aliphatic carboxylic acids is 1. The molecular formula is C18H25NO6. The van der Waals surface area contributed by atoms with Crippen molar-refractivity contribution < 1.29 is 28.9 Å². The lowest BCUT2D eigenvalue weighted by Crippen LogP contribution is -2.35. The van der Waals surface area contributed by atoms with Crippen molar-refractivity contribution in [3.05, 3.63) is 23.8 Å². The summed E-state index contributed by atoms with van der Waals surface area (Å²) in [5.74, 6) is -0.897. The van der Waals surface area contributed by atoms with Gasteiger partial charge >= 0.3 is 12.1 Å². The molecule has 1 aromatic carbocycles. The van der Waals surface area contributed by atoms with E-state index in [2.05, 4.69) is 0 Å². The zero-order valence-electron chi connectivity index (χ0n) is 15.2. The summed E-state index contributed by atoms with van der Waals surface area (Å²) in [6.45, 7) is 5.69. The molecule has 7 nitrogen and oxygen atoms in total. The van der Waals surface area contributed by atoms with Gasteiger partial charge in [-0.3, -0.25) is 4.79 Å². The minimum Gasteiger partial charge on any atom is -0.497 e. The van der Waals surface area contributed by atoms with Gasteiger partial charge in [0.05, 0.1) is 20.1 Å². The predicted molar refractivity (Wildman–Crippen MR) is 91.2 cm³/mol. The Kier molecular flexibility index (Phi) is 5.45. The van der Waals surface area contributed by atoms with Crippen LogP contribution in [0.1, 0.15) is 32.3 Å². The van der Waals surface area contributed by atoms with E-state index in [9.17, 15) is 14.7 Å². The molecular weight excluding hydrogens is 326 g/mol. The lowest BCUT2D eigenvalue weighted by Gasteiger charge is -2.24. The van der Waals surface area contributed by atoms with Gasteiger partial charge in [0.2, 0.25) is 0 Å². The van der Waals surface area contributed by atoms with Gasteiger partial charge in [-0.2, -0.15) is 0 Å². The quantitative estimate of drug-likeness (QED) is 0.898. The van der Waals surface area contributed by atoms with Gasteiger partial charge in [-0.05, 0) is 26.8 Å². The van der Waals surface area contributed by atoms with E-state index < -0.39 is 23.6 Å². The molecule has 1 aliphatic rings. The summed E-state index contributed by atoms with van der Waals surface area (Å²) in [6.07, 6.45) is -0.506. The van der Waals surface area contributed by atoms with Crippen LogP contribution in [0.5, 0.6) is 11.5 Å². The van der Waals surface area contributed by atoms with Gasteiger partial charge < -0.3 is 24.2 Å². The number of carbonyl (C=O) groups excluding carboxylic acids is 1. The fourth-order valence-corrected chi connectivity index (χ4v) is 2.97. The molecule has 1 heterocycles. The molecule has 1 fully saturated rings. The summed E-state index contributed by atoms with van der Waals surface area (Å²) in [6, 6.07) is 5.26. The number of methoxy groups -OCH3 is 2. The highest BCUT2D eigenvalue weighted by Crippen LogP contribution is 2.39. The fraction of sp³-hybridized carbons (Fsp3) is 0.556. The molecule has 25 heavy (non-hydrogen) atoms. The highest BCUT2D eigenvalue weighted by atomic mass is 16.6. The van der Waals surface area contributed by atoms with Crippen molar-refractivity contribution in [3.8, 4) is 11.5 Å². The van der Waals surface area contributed by atoms with Gasteiger partial charge in [0, 0.05) is 30.6 Å². The Balaban J connectivity index is 2.30. The maximum Gasteiger partial charge on any atom is 0.410 e. The van der Waals surface area contributed by atoms with Crippen LogP contribution in [0.2, 0.25) is 0 Å². The number of ether oxygens (including phenoxy) is 3. The summed E-state index contributed by atoms with van der Waals surface area (Å²) >= 11 is 0. The second-order valence-corrected chi connectivity index (χ2v) is 7.04. The number of carboxylic acid groups (broad SMARTS) is 1. The maximum absolute atomic E-state index is 12.3. The third-order valence-corrected chi connectivity index (χ3v) is 4.13. The second kappa shape index (κ2) is 7.21. The van der Waals surface area contributed by atoms with Gasteiger partial charge in [-0.15, -0.1) is 0 Å². The van der Waals surface area contributed by atoms with Crippen LogP contribution in [0.4, 0.5) is 4.79 Å². The number of carboxylic acids is 1. The Labute approximate surface area is 147 Å². The number of amides is 1. The third-order valence-electron chi connectivity index (χ3n) is 4.13. The number of benzene rings is 1. The molecule has 138 valence electrons. The van der Waals surface area contributed by atoms with Crippen LogP contribution in [-0.2, 0) is 9.53 Å². The molecule has 0 aromatic heterocycles. The average Bonchev–Trinajstić information content (AvgIpc) is 2.98. The van der Waals surface area contributed by atoms with Crippen LogP contribution < -0.4 is 9.47 Å². The van der Waals surface area contributed by atoms with Crippen molar-refractivity contribution in [2.24, 2.45) is 5.92 Å². The molecule has 0 aliphatic carbocycles. The zero-order valence-corrected chi connectivity index (χ0v) is 15.2. The van der Waals surface area contributed by atoms with Crippen molar-refractivity contribution in [1.82, 2.24) is 4.90 Å². The molecule has 7 heteroatoms. The summed E-state index contributed by atoms with van der Waals surface area (Å²) in [4.78, 5) is 25.5. The zero-order chi connectivity index (χ0) is 18.8. The Morgan fingerprint density at radius 3 is 2.36 bits per heavy atom. The van der Waals surface area contributed by atoms with Crippen LogP contribution in [0.25, 0.3) is 0 Å². The first-order chi connectivity index (χ1) is 11.7. The molecule has 0 spiro atoms. The van der Waals surface area contributed by atoms with E-state index in [0.29, 0.717) is 11.5 Å². The highest BCUT2D eigenvalue weighted by molar-refractivity contribution is 5.76. The van der Waals surface area contributed by atoms with Gasteiger partial charge in [0.1, 0.15) is 17.1 Å². The first kappa shape index (κ1) is 18.9. The standard InChI is InChI=1S/C18H25NO6/c1-18(2,3)25-17(22)19-9-13(14(10-19)16(20)21)12-7-6-11(23-4)8-15(12)24-5/h6-8,13-14H,9-10H2,1-5H3,(H,20,21)/t13-,14+/m0/s1. The minimum absolute atomic E-state index is 0.101. The van der Waals surface area contributed by atoms with E-state index in [1.54, 1.807) is 46.1 Å². The molecule has 2 rings (SSSR count). The Morgan fingerprint density at radius 1 is 1.16 bits per heavy atom. The largest absolute Gasteiger partial charge is 0.497 e. The molecule has 1 aromatic rings. The number of rotatable bonds is 4. The lowest BCUT2D eigenvalue weighted by atomic mass is 9.88. The van der Waals surface area contributed by atoms with Crippen LogP contribution in [-0.4, -0.2) is 55.0 Å². The van der Waals surface area contributed by atoms with E-state index in [4.69, 9.17) is 14.2 Å². The number of likely N-dealkylation sites (tertiary alicyclic amines) is 1. The first-order valence-electron chi connectivity index (χ1n) is 8.09. The van der Waals surface area contributed by atoms with Crippen molar-refractivity contribution in [2.45, 2.75) is 32.3 Å². The van der Waals surface area contributed by atoms with Crippen LogP contribution in [0, 0.1) is 5.92 Å². The van der Waals surface area contributed by atoms with E-state index in [-0.39, 0.29) is 19.0 Å². The van der Waals surface area contributed by atoms with Gasteiger partial charge in [-0.25, -0.2) is 4.79 Å². The molecule has 0 saturated carbocycles. The molecule has 0 unspecified atom stereocenters. The van der Waals surface area contributed by atoms with Crippen LogP contribution >= 0.6 is 0 Å². The van der Waals surface area contributed by atoms with E-state index >= 15 is 0 Å². The third kappa shape index (κ3) is 4.35. The predicted octanol–water partition coefficient (Wildman–Crippen LogP) is 2.74. The average molecular weight is 351 g/mol. The number of hydrogen-bond donors (Lipinski definition) is 1. The SMILES string of the molecule is COc1ccc([C@@H]2CN(C(=O)OC(C)(C)C)C[C@H]2C(=O)O)c(OC)c1. The van der Waals surface area contributed by atoms with Crippen molar-refractivity contribution in [3.63, 3.8) is 0 Å². The Hall–Kier alpha value is -2.44. The van der Waals surface area contributed by atoms with Gasteiger partial charge in [-0.1, -0.05) is 6.07 Å². The van der Waals surface area contributed by atoms with Crippen LogP contribution in [0.15, 0.2) is 18.2 Å². The Bertz CT molecular complexity index is 651. The number of hydrogen-bond acceptors (Lipinski definition) is 5. The fourth-order valence-electron chi connectivity index (χ4n) is 2.97. The minimum atomic E-state index is -0.950. The van der Waals surface area contributed by atoms with E-state index in [1.165, 1.54) is 12.0 Å². The van der Waals surface area contributed by atoms with Gasteiger partial charge in [0.25, 0.3) is 0 Å². The van der Waals surface area contributed by atoms with E-state index in [1.807, 2.05) is 0 Å². The number of nitrogens with zero attached hydrogens (tertiary/aromatic N) is 1. The summed E-state index contributed by atoms with van der Waals surface area (Å²) in [5, 5.41) is 9.60. The highest BCUT2D eigenvalue weighted by Gasteiger charge is 2.42.